The molecule has 1 rings (SSSR count). The average molecular weight is 249 g/mol. The van der Waals surface area contributed by atoms with Gasteiger partial charge in [0.25, 0.3) is 0 Å². The van der Waals surface area contributed by atoms with Gasteiger partial charge in [-0.05, 0) is 32.4 Å². The van der Waals surface area contributed by atoms with Crippen LogP contribution in [0.2, 0.25) is 0 Å². The fraction of sp³-hybridized carbons (Fsp3) is 0.900. The van der Waals surface area contributed by atoms with E-state index in [0.29, 0.717) is 19.0 Å². The standard InChI is InChI=1S/C10H19NO2S2/c1-10(2,3)13-9(12)11-4-7(6-14)8(15)5-11/h7-8,14-15H,4-6H2,1-3H3. The lowest BCUT2D eigenvalue weighted by Crippen LogP contribution is -2.35. The van der Waals surface area contributed by atoms with Crippen LogP contribution in [0.25, 0.3) is 0 Å². The maximum atomic E-state index is 11.7. The van der Waals surface area contributed by atoms with Crippen molar-refractivity contribution in [2.24, 2.45) is 5.92 Å². The summed E-state index contributed by atoms with van der Waals surface area (Å²) in [6.45, 7) is 6.97. The normalized spacial score (nSPS) is 26.9. The minimum absolute atomic E-state index is 0.218. The maximum absolute atomic E-state index is 11.7. The maximum Gasteiger partial charge on any atom is 0.410 e. The Hall–Kier alpha value is -0.0300. The van der Waals surface area contributed by atoms with Gasteiger partial charge in [0, 0.05) is 18.3 Å². The molecule has 15 heavy (non-hydrogen) atoms. The highest BCUT2D eigenvalue weighted by Gasteiger charge is 2.34. The zero-order valence-corrected chi connectivity index (χ0v) is 11.2. The van der Waals surface area contributed by atoms with E-state index >= 15 is 0 Å². The van der Waals surface area contributed by atoms with Crippen molar-refractivity contribution >= 4 is 31.4 Å². The minimum atomic E-state index is -0.428. The molecular formula is C10H19NO2S2. The summed E-state index contributed by atoms with van der Waals surface area (Å²) < 4.78 is 5.29. The van der Waals surface area contributed by atoms with Crippen LogP contribution in [0.5, 0.6) is 0 Å². The van der Waals surface area contributed by atoms with Crippen molar-refractivity contribution in [3.05, 3.63) is 0 Å². The smallest absolute Gasteiger partial charge is 0.410 e. The molecule has 1 aliphatic rings. The number of nitrogens with zero attached hydrogens (tertiary/aromatic N) is 1. The molecule has 0 spiro atoms. The summed E-state index contributed by atoms with van der Waals surface area (Å²) in [6, 6.07) is 0. The molecule has 1 aliphatic heterocycles. The van der Waals surface area contributed by atoms with Gasteiger partial charge in [0.1, 0.15) is 5.60 Å². The molecule has 0 bridgehead atoms. The Morgan fingerprint density at radius 2 is 2.07 bits per heavy atom. The van der Waals surface area contributed by atoms with Gasteiger partial charge in [0.05, 0.1) is 0 Å². The van der Waals surface area contributed by atoms with E-state index in [1.807, 2.05) is 20.8 Å². The Kier molecular flexibility index (Phi) is 4.23. The highest BCUT2D eigenvalue weighted by atomic mass is 32.1. The van der Waals surface area contributed by atoms with Gasteiger partial charge in [-0.1, -0.05) is 0 Å². The molecule has 88 valence electrons. The van der Waals surface area contributed by atoms with Gasteiger partial charge in [-0.2, -0.15) is 25.3 Å². The molecule has 0 aromatic heterocycles. The number of likely N-dealkylation sites (tertiary alicyclic amines) is 1. The van der Waals surface area contributed by atoms with Crippen molar-refractivity contribution in [2.75, 3.05) is 18.8 Å². The molecule has 1 amide bonds. The largest absolute Gasteiger partial charge is 0.444 e. The van der Waals surface area contributed by atoms with Crippen LogP contribution in [-0.4, -0.2) is 40.7 Å². The quantitative estimate of drug-likeness (QED) is 0.697. The van der Waals surface area contributed by atoms with Gasteiger partial charge in [-0.25, -0.2) is 4.79 Å². The third-order valence-corrected chi connectivity index (χ3v) is 3.35. The predicted molar refractivity (Wildman–Crippen MR) is 67.9 cm³/mol. The lowest BCUT2D eigenvalue weighted by Gasteiger charge is -2.24. The first kappa shape index (κ1) is 13.0. The summed E-state index contributed by atoms with van der Waals surface area (Å²) >= 11 is 8.68. The Labute approximate surface area is 102 Å². The zero-order valence-electron chi connectivity index (χ0n) is 9.43. The number of carbonyl (C=O) groups is 1. The van der Waals surface area contributed by atoms with Crippen LogP contribution in [-0.2, 0) is 4.74 Å². The lowest BCUT2D eigenvalue weighted by atomic mass is 10.1. The first-order valence-electron chi connectivity index (χ1n) is 5.10. The second-order valence-corrected chi connectivity index (χ2v) is 5.92. The molecule has 1 saturated heterocycles. The number of rotatable bonds is 1. The van der Waals surface area contributed by atoms with Crippen molar-refractivity contribution in [1.29, 1.82) is 0 Å². The third kappa shape index (κ3) is 3.79. The van der Waals surface area contributed by atoms with E-state index in [0.717, 1.165) is 5.75 Å². The lowest BCUT2D eigenvalue weighted by molar-refractivity contribution is 0.0290. The van der Waals surface area contributed by atoms with Gasteiger partial charge in [-0.3, -0.25) is 0 Å². The second-order valence-electron chi connectivity index (χ2n) is 4.90. The highest BCUT2D eigenvalue weighted by molar-refractivity contribution is 7.81. The zero-order chi connectivity index (χ0) is 11.6. The number of ether oxygens (including phenoxy) is 1. The van der Waals surface area contributed by atoms with Gasteiger partial charge in [0.15, 0.2) is 0 Å². The molecule has 2 atom stereocenters. The van der Waals surface area contributed by atoms with E-state index in [9.17, 15) is 4.79 Å². The third-order valence-electron chi connectivity index (χ3n) is 2.29. The second kappa shape index (κ2) is 4.87. The van der Waals surface area contributed by atoms with E-state index in [2.05, 4.69) is 25.3 Å². The van der Waals surface area contributed by atoms with E-state index in [1.54, 1.807) is 4.90 Å². The minimum Gasteiger partial charge on any atom is -0.444 e. The van der Waals surface area contributed by atoms with Gasteiger partial charge in [-0.15, -0.1) is 0 Å². The average Bonchev–Trinajstić information content (AvgIpc) is 2.43. The van der Waals surface area contributed by atoms with Crippen molar-refractivity contribution in [3.8, 4) is 0 Å². The Morgan fingerprint density at radius 3 is 2.47 bits per heavy atom. The first-order chi connectivity index (χ1) is 6.83. The highest BCUT2D eigenvalue weighted by Crippen LogP contribution is 2.24. The van der Waals surface area contributed by atoms with Crippen LogP contribution in [0, 0.1) is 5.92 Å². The number of carbonyl (C=O) groups excluding carboxylic acids is 1. The molecule has 1 heterocycles. The van der Waals surface area contributed by atoms with E-state index < -0.39 is 5.60 Å². The Morgan fingerprint density at radius 1 is 1.47 bits per heavy atom. The molecule has 0 N–H and O–H groups in total. The summed E-state index contributed by atoms with van der Waals surface area (Å²) in [6.07, 6.45) is -0.245. The predicted octanol–water partition coefficient (Wildman–Crippen LogP) is 2.08. The van der Waals surface area contributed by atoms with Crippen molar-refractivity contribution in [1.82, 2.24) is 4.90 Å². The van der Waals surface area contributed by atoms with Crippen LogP contribution in [0.3, 0.4) is 0 Å². The van der Waals surface area contributed by atoms with Crippen LogP contribution in [0.4, 0.5) is 4.79 Å². The molecule has 5 heteroatoms. The van der Waals surface area contributed by atoms with Gasteiger partial charge < -0.3 is 9.64 Å². The van der Waals surface area contributed by atoms with E-state index in [4.69, 9.17) is 4.74 Å². The molecule has 1 fully saturated rings. The molecule has 3 nitrogen and oxygen atoms in total. The van der Waals surface area contributed by atoms with Crippen molar-refractivity contribution < 1.29 is 9.53 Å². The van der Waals surface area contributed by atoms with E-state index in [1.165, 1.54) is 0 Å². The van der Waals surface area contributed by atoms with Gasteiger partial charge in [0.2, 0.25) is 0 Å². The number of hydrogen-bond acceptors (Lipinski definition) is 4. The summed E-state index contributed by atoms with van der Waals surface area (Å²) in [5.74, 6) is 1.12. The van der Waals surface area contributed by atoms with Crippen molar-refractivity contribution in [2.45, 2.75) is 31.6 Å². The molecule has 0 aliphatic carbocycles. The Bertz CT molecular complexity index is 240. The monoisotopic (exact) mass is 249 g/mol. The van der Waals surface area contributed by atoms with Crippen LogP contribution < -0.4 is 0 Å². The SMILES string of the molecule is CC(C)(C)OC(=O)N1CC(S)C(CS)C1. The van der Waals surface area contributed by atoms with Crippen molar-refractivity contribution in [3.63, 3.8) is 0 Å². The Balaban J connectivity index is 2.50. The number of thiol groups is 2. The number of amides is 1. The molecule has 0 saturated carbocycles. The van der Waals surface area contributed by atoms with Crippen LogP contribution >= 0.6 is 25.3 Å². The molecule has 2 unspecified atom stereocenters. The summed E-state index contributed by atoms with van der Waals surface area (Å²) in [5, 5.41) is 0.218. The summed E-state index contributed by atoms with van der Waals surface area (Å²) in [5.41, 5.74) is -0.428. The number of hydrogen-bond donors (Lipinski definition) is 2. The topological polar surface area (TPSA) is 29.5 Å². The molecule has 0 aromatic carbocycles. The molecule has 0 aromatic rings. The fourth-order valence-corrected chi connectivity index (χ4v) is 2.44. The van der Waals surface area contributed by atoms with Crippen LogP contribution in [0.1, 0.15) is 20.8 Å². The summed E-state index contributed by atoms with van der Waals surface area (Å²) in [7, 11) is 0. The summed E-state index contributed by atoms with van der Waals surface area (Å²) in [4.78, 5) is 13.4. The van der Waals surface area contributed by atoms with Gasteiger partial charge >= 0.3 is 6.09 Å². The fourth-order valence-electron chi connectivity index (χ4n) is 1.51. The first-order valence-corrected chi connectivity index (χ1v) is 6.25. The molecular weight excluding hydrogens is 230 g/mol. The van der Waals surface area contributed by atoms with E-state index in [-0.39, 0.29) is 11.3 Å². The molecule has 0 radical (unpaired) electrons. The van der Waals surface area contributed by atoms with Crippen LogP contribution in [0.15, 0.2) is 0 Å².